The highest BCUT2D eigenvalue weighted by Gasteiger charge is 2.10. The molecule has 0 amide bonds. The zero-order valence-electron chi connectivity index (χ0n) is 18.2. The van der Waals surface area contributed by atoms with Crippen molar-refractivity contribution in [2.45, 2.75) is 26.9 Å². The quantitative estimate of drug-likeness (QED) is 0.435. The number of hydrogen-bond donors (Lipinski definition) is 1. The van der Waals surface area contributed by atoms with Crippen LogP contribution in [0.4, 0.5) is 0 Å². The normalized spacial score (nSPS) is 11.6. The molecule has 0 bridgehead atoms. The minimum atomic E-state index is -0.214. The molecule has 1 N–H and O–H groups in total. The standard InChI is InChI=1S/C26H25N5O/c1-3-30(17-20-10-12-27-13-11-20)16-19-4-6-21(7-5-19)22-8-9-24-23(15-22)18(2)14-25-28-29-26(32)31(24)25/h4-15H,3,16-17H2,1-2H3,(H,29,32). The minimum Gasteiger partial charge on any atom is -0.295 e. The summed E-state index contributed by atoms with van der Waals surface area (Å²) in [7, 11) is 0. The summed E-state index contributed by atoms with van der Waals surface area (Å²) in [6.07, 6.45) is 3.69. The number of aromatic nitrogens is 4. The third-order valence-corrected chi connectivity index (χ3v) is 6.00. The summed E-state index contributed by atoms with van der Waals surface area (Å²) < 4.78 is 1.62. The van der Waals surface area contributed by atoms with Gasteiger partial charge in [-0.25, -0.2) is 14.3 Å². The molecule has 6 heteroatoms. The van der Waals surface area contributed by atoms with Crippen molar-refractivity contribution in [3.63, 3.8) is 0 Å². The van der Waals surface area contributed by atoms with Crippen LogP contribution >= 0.6 is 0 Å². The van der Waals surface area contributed by atoms with Crippen LogP contribution in [0.15, 0.2) is 77.9 Å². The first kappa shape index (κ1) is 20.2. The highest BCUT2D eigenvalue weighted by molar-refractivity contribution is 5.89. The van der Waals surface area contributed by atoms with Crippen LogP contribution in [-0.4, -0.2) is 31.0 Å². The second-order valence-electron chi connectivity index (χ2n) is 8.14. The second kappa shape index (κ2) is 8.40. The van der Waals surface area contributed by atoms with Crippen molar-refractivity contribution in [1.29, 1.82) is 0 Å². The Bertz CT molecular complexity index is 1430. The number of benzene rings is 2. The van der Waals surface area contributed by atoms with Crippen molar-refractivity contribution in [2.75, 3.05) is 6.54 Å². The molecule has 3 heterocycles. The summed E-state index contributed by atoms with van der Waals surface area (Å²) in [5, 5.41) is 7.68. The number of H-pyrrole nitrogens is 1. The van der Waals surface area contributed by atoms with E-state index in [-0.39, 0.29) is 5.69 Å². The van der Waals surface area contributed by atoms with Crippen molar-refractivity contribution in [1.82, 2.24) is 24.5 Å². The molecular weight excluding hydrogens is 398 g/mol. The maximum Gasteiger partial charge on any atom is 0.348 e. The van der Waals surface area contributed by atoms with Gasteiger partial charge >= 0.3 is 5.69 Å². The Morgan fingerprint density at radius 1 is 0.906 bits per heavy atom. The summed E-state index contributed by atoms with van der Waals surface area (Å²) in [5.74, 6) is 0. The van der Waals surface area contributed by atoms with Crippen molar-refractivity contribution >= 4 is 16.6 Å². The number of rotatable bonds is 6. The monoisotopic (exact) mass is 423 g/mol. The molecule has 0 unspecified atom stereocenters. The van der Waals surface area contributed by atoms with Gasteiger partial charge in [-0.3, -0.25) is 9.88 Å². The molecule has 32 heavy (non-hydrogen) atoms. The van der Waals surface area contributed by atoms with E-state index >= 15 is 0 Å². The van der Waals surface area contributed by atoms with Crippen LogP contribution in [-0.2, 0) is 13.1 Å². The molecule has 6 nitrogen and oxygen atoms in total. The Hall–Kier alpha value is -3.77. The third kappa shape index (κ3) is 3.81. The molecule has 0 aliphatic rings. The maximum absolute atomic E-state index is 12.2. The molecule has 5 aromatic rings. The maximum atomic E-state index is 12.2. The Kier molecular flexibility index (Phi) is 5.29. The summed E-state index contributed by atoms with van der Waals surface area (Å²) in [6, 6.07) is 21.0. The van der Waals surface area contributed by atoms with E-state index < -0.39 is 0 Å². The Morgan fingerprint density at radius 3 is 2.31 bits per heavy atom. The van der Waals surface area contributed by atoms with Crippen LogP contribution in [0.2, 0.25) is 0 Å². The van der Waals surface area contributed by atoms with Gasteiger partial charge in [0.25, 0.3) is 0 Å². The van der Waals surface area contributed by atoms with E-state index in [4.69, 9.17) is 0 Å². The lowest BCUT2D eigenvalue weighted by Gasteiger charge is -2.20. The van der Waals surface area contributed by atoms with E-state index in [1.165, 1.54) is 11.1 Å². The second-order valence-corrected chi connectivity index (χ2v) is 8.14. The molecule has 0 spiro atoms. The largest absolute Gasteiger partial charge is 0.348 e. The van der Waals surface area contributed by atoms with Crippen LogP contribution < -0.4 is 5.69 Å². The molecule has 0 atom stereocenters. The molecule has 160 valence electrons. The molecule has 0 fully saturated rings. The third-order valence-electron chi connectivity index (χ3n) is 6.00. The van der Waals surface area contributed by atoms with Crippen molar-refractivity contribution < 1.29 is 0 Å². The van der Waals surface area contributed by atoms with Crippen LogP contribution in [0, 0.1) is 6.92 Å². The van der Waals surface area contributed by atoms with E-state index in [9.17, 15) is 4.79 Å². The number of nitrogens with one attached hydrogen (secondary N) is 1. The number of fused-ring (bicyclic) bond motifs is 3. The molecule has 0 aliphatic carbocycles. The van der Waals surface area contributed by atoms with E-state index in [0.29, 0.717) is 5.65 Å². The zero-order valence-corrected chi connectivity index (χ0v) is 18.2. The number of pyridine rings is 2. The Balaban J connectivity index is 1.41. The molecule has 5 rings (SSSR count). The smallest absolute Gasteiger partial charge is 0.295 e. The summed E-state index contributed by atoms with van der Waals surface area (Å²) >= 11 is 0. The van der Waals surface area contributed by atoms with E-state index in [1.54, 1.807) is 4.40 Å². The summed E-state index contributed by atoms with van der Waals surface area (Å²) in [6.45, 7) is 7.03. The number of aromatic amines is 1. The first-order valence-corrected chi connectivity index (χ1v) is 10.8. The molecule has 0 saturated carbocycles. The lowest BCUT2D eigenvalue weighted by atomic mass is 10.00. The predicted octanol–water partition coefficient (Wildman–Crippen LogP) is 4.57. The SMILES string of the molecule is CCN(Cc1ccncc1)Cc1ccc(-c2ccc3c(c2)c(C)cc2n[nH]c(=O)n23)cc1. The molecule has 0 radical (unpaired) electrons. The lowest BCUT2D eigenvalue weighted by Crippen LogP contribution is -2.22. The lowest BCUT2D eigenvalue weighted by molar-refractivity contribution is 0.271. The summed E-state index contributed by atoms with van der Waals surface area (Å²) in [5.41, 5.74) is 7.25. The molecule has 3 aromatic heterocycles. The van der Waals surface area contributed by atoms with Gasteiger partial charge in [-0.1, -0.05) is 37.3 Å². The highest BCUT2D eigenvalue weighted by atomic mass is 16.1. The predicted molar refractivity (Wildman–Crippen MR) is 128 cm³/mol. The van der Waals surface area contributed by atoms with Crippen molar-refractivity contribution in [3.8, 4) is 11.1 Å². The van der Waals surface area contributed by atoms with Crippen LogP contribution in [0.25, 0.3) is 27.7 Å². The number of hydrogen-bond acceptors (Lipinski definition) is 4. The first-order chi connectivity index (χ1) is 15.6. The van der Waals surface area contributed by atoms with Gasteiger partial charge in [0.15, 0.2) is 5.65 Å². The van der Waals surface area contributed by atoms with Crippen LogP contribution in [0.5, 0.6) is 0 Å². The van der Waals surface area contributed by atoms with Gasteiger partial charge in [0, 0.05) is 30.9 Å². The average Bonchev–Trinajstić information content (AvgIpc) is 3.20. The Morgan fingerprint density at radius 2 is 1.59 bits per heavy atom. The topological polar surface area (TPSA) is 66.3 Å². The Labute approximate surface area is 186 Å². The fourth-order valence-corrected chi connectivity index (χ4v) is 4.22. The van der Waals surface area contributed by atoms with Gasteiger partial charge in [0.1, 0.15) is 0 Å². The van der Waals surface area contributed by atoms with E-state index in [2.05, 4.69) is 82.5 Å². The fraction of sp³-hybridized carbons (Fsp3) is 0.192. The summed E-state index contributed by atoms with van der Waals surface area (Å²) in [4.78, 5) is 18.7. The first-order valence-electron chi connectivity index (χ1n) is 10.8. The zero-order chi connectivity index (χ0) is 22.1. The molecule has 0 saturated heterocycles. The highest BCUT2D eigenvalue weighted by Crippen LogP contribution is 2.27. The van der Waals surface area contributed by atoms with Gasteiger partial charge in [-0.05, 0) is 71.6 Å². The molecular formula is C26H25N5O. The van der Waals surface area contributed by atoms with Gasteiger partial charge in [0.2, 0.25) is 0 Å². The van der Waals surface area contributed by atoms with Crippen LogP contribution in [0.1, 0.15) is 23.6 Å². The van der Waals surface area contributed by atoms with Gasteiger partial charge in [-0.15, -0.1) is 0 Å². The molecule has 0 aliphatic heterocycles. The van der Waals surface area contributed by atoms with Crippen LogP contribution in [0.3, 0.4) is 0 Å². The minimum absolute atomic E-state index is 0.214. The number of nitrogens with zero attached hydrogens (tertiary/aromatic N) is 4. The van der Waals surface area contributed by atoms with E-state index in [0.717, 1.165) is 47.2 Å². The van der Waals surface area contributed by atoms with Gasteiger partial charge in [0.05, 0.1) is 5.52 Å². The van der Waals surface area contributed by atoms with Gasteiger partial charge in [-0.2, -0.15) is 5.10 Å². The van der Waals surface area contributed by atoms with Crippen molar-refractivity contribution in [2.24, 2.45) is 0 Å². The fourth-order valence-electron chi connectivity index (χ4n) is 4.22. The molecule has 2 aromatic carbocycles. The average molecular weight is 424 g/mol. The van der Waals surface area contributed by atoms with Gasteiger partial charge < -0.3 is 0 Å². The van der Waals surface area contributed by atoms with E-state index in [1.807, 2.05) is 24.5 Å². The van der Waals surface area contributed by atoms with Crippen molar-refractivity contribution in [3.05, 3.63) is 100 Å². The number of aryl methyl sites for hydroxylation is 1.